The first-order chi connectivity index (χ1) is 10.9. The molecule has 1 aromatic carbocycles. The van der Waals surface area contributed by atoms with Crippen LogP contribution in [0.2, 0.25) is 0 Å². The average Bonchev–Trinajstić information content (AvgIpc) is 2.52. The SMILES string of the molecule is CC1(C)Cc2[nH+]c(NCc3ccccc3)c(C(N)=O)cc2CO1. The molecule has 0 bridgehead atoms. The van der Waals surface area contributed by atoms with Gasteiger partial charge in [-0.2, -0.15) is 0 Å². The first-order valence-corrected chi connectivity index (χ1v) is 7.74. The number of pyridine rings is 1. The number of ether oxygens (including phenoxy) is 1. The van der Waals surface area contributed by atoms with E-state index in [1.54, 1.807) is 0 Å². The Morgan fingerprint density at radius 3 is 2.78 bits per heavy atom. The van der Waals surface area contributed by atoms with Crippen LogP contribution in [0, 0.1) is 0 Å². The molecule has 1 aliphatic heterocycles. The molecule has 120 valence electrons. The molecule has 5 nitrogen and oxygen atoms in total. The van der Waals surface area contributed by atoms with Crippen LogP contribution in [-0.4, -0.2) is 11.5 Å². The Hall–Kier alpha value is -2.40. The fourth-order valence-corrected chi connectivity index (χ4v) is 2.79. The Labute approximate surface area is 135 Å². The number of carbonyl (C=O) groups excluding carboxylic acids is 1. The lowest BCUT2D eigenvalue weighted by atomic mass is 9.95. The van der Waals surface area contributed by atoms with E-state index in [-0.39, 0.29) is 5.60 Å². The summed E-state index contributed by atoms with van der Waals surface area (Å²) in [5, 5.41) is 3.29. The van der Waals surface area contributed by atoms with Gasteiger partial charge in [0.1, 0.15) is 17.8 Å². The number of carbonyl (C=O) groups is 1. The van der Waals surface area contributed by atoms with Crippen molar-refractivity contribution >= 4 is 11.7 Å². The molecule has 5 heteroatoms. The summed E-state index contributed by atoms with van der Waals surface area (Å²) in [4.78, 5) is 15.1. The lowest BCUT2D eigenvalue weighted by Crippen LogP contribution is -2.37. The van der Waals surface area contributed by atoms with Crippen molar-refractivity contribution in [3.8, 4) is 0 Å². The molecule has 3 rings (SSSR count). The Kier molecular flexibility index (Phi) is 4.05. The van der Waals surface area contributed by atoms with Gasteiger partial charge in [0.05, 0.1) is 12.2 Å². The van der Waals surface area contributed by atoms with Crippen LogP contribution in [0.1, 0.15) is 41.0 Å². The Morgan fingerprint density at radius 1 is 1.35 bits per heavy atom. The number of nitrogens with two attached hydrogens (primary N) is 1. The van der Waals surface area contributed by atoms with Gasteiger partial charge in [0, 0.05) is 12.0 Å². The van der Waals surface area contributed by atoms with Gasteiger partial charge in [-0.15, -0.1) is 0 Å². The summed E-state index contributed by atoms with van der Waals surface area (Å²) >= 11 is 0. The Balaban J connectivity index is 1.90. The van der Waals surface area contributed by atoms with Gasteiger partial charge < -0.3 is 10.5 Å². The van der Waals surface area contributed by atoms with Crippen LogP contribution in [0.25, 0.3) is 0 Å². The van der Waals surface area contributed by atoms with Crippen LogP contribution < -0.4 is 16.0 Å². The topological polar surface area (TPSA) is 78.5 Å². The molecular weight excluding hydrogens is 290 g/mol. The standard InChI is InChI=1S/C18H21N3O2/c1-18(2)9-15-13(11-23-18)8-14(16(19)22)17(21-15)20-10-12-6-4-3-5-7-12/h3-8H,9-11H2,1-2H3,(H2,19,22)(H,20,21)/p+1. The van der Waals surface area contributed by atoms with Gasteiger partial charge in [-0.3, -0.25) is 10.1 Å². The maximum absolute atomic E-state index is 11.8. The first-order valence-electron chi connectivity index (χ1n) is 7.74. The maximum Gasteiger partial charge on any atom is 0.285 e. The number of amides is 1. The van der Waals surface area contributed by atoms with Crippen molar-refractivity contribution in [1.82, 2.24) is 0 Å². The molecule has 0 spiro atoms. The number of hydrogen-bond donors (Lipinski definition) is 2. The summed E-state index contributed by atoms with van der Waals surface area (Å²) in [5.74, 6) is 0.210. The van der Waals surface area contributed by atoms with Crippen molar-refractivity contribution in [3.63, 3.8) is 0 Å². The Morgan fingerprint density at radius 2 is 2.09 bits per heavy atom. The molecule has 23 heavy (non-hydrogen) atoms. The summed E-state index contributed by atoms with van der Waals surface area (Å²) in [6, 6.07) is 11.9. The zero-order valence-corrected chi connectivity index (χ0v) is 13.5. The zero-order valence-electron chi connectivity index (χ0n) is 13.5. The molecule has 2 aromatic rings. The molecule has 0 saturated carbocycles. The summed E-state index contributed by atoms with van der Waals surface area (Å²) in [6.45, 7) is 5.22. The lowest BCUT2D eigenvalue weighted by molar-refractivity contribution is -0.381. The van der Waals surface area contributed by atoms with E-state index in [0.717, 1.165) is 23.2 Å². The van der Waals surface area contributed by atoms with Crippen LogP contribution in [0.5, 0.6) is 0 Å². The zero-order chi connectivity index (χ0) is 16.4. The van der Waals surface area contributed by atoms with Crippen LogP contribution in [0.4, 0.5) is 5.82 Å². The van der Waals surface area contributed by atoms with E-state index >= 15 is 0 Å². The van der Waals surface area contributed by atoms with Gasteiger partial charge in [-0.05, 0) is 25.5 Å². The van der Waals surface area contributed by atoms with Gasteiger partial charge in [-0.25, -0.2) is 4.98 Å². The van der Waals surface area contributed by atoms with Crippen molar-refractivity contribution in [3.05, 3.63) is 58.8 Å². The number of benzene rings is 1. The van der Waals surface area contributed by atoms with Gasteiger partial charge in [-0.1, -0.05) is 30.3 Å². The number of rotatable bonds is 4. The van der Waals surface area contributed by atoms with Crippen LogP contribution >= 0.6 is 0 Å². The third kappa shape index (κ3) is 3.51. The predicted molar refractivity (Wildman–Crippen MR) is 87.9 cm³/mol. The number of aromatic nitrogens is 1. The third-order valence-electron chi connectivity index (χ3n) is 4.05. The van der Waals surface area contributed by atoms with Crippen LogP contribution in [-0.2, 0) is 24.3 Å². The molecule has 0 aliphatic carbocycles. The number of primary amides is 1. The highest BCUT2D eigenvalue weighted by molar-refractivity contribution is 5.97. The van der Waals surface area contributed by atoms with E-state index in [4.69, 9.17) is 10.5 Å². The molecule has 0 saturated heterocycles. The summed E-state index contributed by atoms with van der Waals surface area (Å²) in [6.07, 6.45) is 0.765. The molecule has 1 amide bonds. The molecular formula is C18H22N3O2+. The highest BCUT2D eigenvalue weighted by Crippen LogP contribution is 2.27. The molecule has 1 aliphatic rings. The van der Waals surface area contributed by atoms with Gasteiger partial charge in [0.25, 0.3) is 11.7 Å². The van der Waals surface area contributed by atoms with Gasteiger partial charge in [0.2, 0.25) is 0 Å². The molecule has 0 atom stereocenters. The van der Waals surface area contributed by atoms with E-state index < -0.39 is 5.91 Å². The first kappa shape index (κ1) is 15.5. The van der Waals surface area contributed by atoms with E-state index in [1.807, 2.05) is 36.4 Å². The van der Waals surface area contributed by atoms with E-state index in [0.29, 0.717) is 24.5 Å². The second kappa shape index (κ2) is 6.01. The summed E-state index contributed by atoms with van der Waals surface area (Å²) in [7, 11) is 0. The largest absolute Gasteiger partial charge is 0.370 e. The quantitative estimate of drug-likeness (QED) is 0.907. The predicted octanol–water partition coefficient (Wildman–Crippen LogP) is 2.06. The van der Waals surface area contributed by atoms with E-state index in [1.165, 1.54) is 0 Å². The number of fused-ring (bicyclic) bond motifs is 1. The highest BCUT2D eigenvalue weighted by Gasteiger charge is 2.31. The average molecular weight is 312 g/mol. The number of hydrogen-bond acceptors (Lipinski definition) is 3. The fourth-order valence-electron chi connectivity index (χ4n) is 2.79. The van der Waals surface area contributed by atoms with E-state index in [2.05, 4.69) is 24.1 Å². The van der Waals surface area contributed by atoms with E-state index in [9.17, 15) is 4.79 Å². The van der Waals surface area contributed by atoms with Crippen molar-refractivity contribution < 1.29 is 14.5 Å². The Bertz CT molecular complexity index is 727. The second-order valence-electron chi connectivity index (χ2n) is 6.49. The number of aromatic amines is 1. The van der Waals surface area contributed by atoms with Crippen molar-refractivity contribution in [2.24, 2.45) is 5.73 Å². The summed E-state index contributed by atoms with van der Waals surface area (Å²) < 4.78 is 5.80. The number of nitrogens with one attached hydrogen (secondary N) is 2. The van der Waals surface area contributed by atoms with Crippen molar-refractivity contribution in [1.29, 1.82) is 0 Å². The van der Waals surface area contributed by atoms with Gasteiger partial charge in [0.15, 0.2) is 0 Å². The normalized spacial score (nSPS) is 15.7. The molecule has 2 heterocycles. The monoisotopic (exact) mass is 312 g/mol. The minimum atomic E-state index is -0.454. The summed E-state index contributed by atoms with van der Waals surface area (Å²) in [5.41, 5.74) is 8.99. The molecule has 0 radical (unpaired) electrons. The minimum Gasteiger partial charge on any atom is -0.370 e. The molecule has 4 N–H and O–H groups in total. The maximum atomic E-state index is 11.8. The highest BCUT2D eigenvalue weighted by atomic mass is 16.5. The molecule has 0 fully saturated rings. The minimum absolute atomic E-state index is 0.214. The smallest absolute Gasteiger partial charge is 0.285 e. The third-order valence-corrected chi connectivity index (χ3v) is 4.05. The van der Waals surface area contributed by atoms with Crippen LogP contribution in [0.15, 0.2) is 36.4 Å². The van der Waals surface area contributed by atoms with Gasteiger partial charge >= 0.3 is 0 Å². The van der Waals surface area contributed by atoms with Crippen molar-refractivity contribution in [2.75, 3.05) is 5.32 Å². The van der Waals surface area contributed by atoms with Crippen LogP contribution in [0.3, 0.4) is 0 Å². The number of H-pyrrole nitrogens is 1. The number of anilines is 1. The second-order valence-corrected chi connectivity index (χ2v) is 6.49. The van der Waals surface area contributed by atoms with Crippen molar-refractivity contribution in [2.45, 2.75) is 39.0 Å². The molecule has 0 unspecified atom stereocenters. The fraction of sp³-hybridized carbons (Fsp3) is 0.333. The lowest BCUT2D eigenvalue weighted by Gasteiger charge is -2.30. The molecule has 1 aromatic heterocycles.